The first-order chi connectivity index (χ1) is 9.73. The van der Waals surface area contributed by atoms with Crippen molar-refractivity contribution in [1.82, 2.24) is 4.72 Å². The molecule has 2 N–H and O–H groups in total. The minimum atomic E-state index is -3.79. The van der Waals surface area contributed by atoms with Gasteiger partial charge in [0.1, 0.15) is 0 Å². The van der Waals surface area contributed by atoms with Gasteiger partial charge in [0.2, 0.25) is 10.0 Å². The summed E-state index contributed by atoms with van der Waals surface area (Å²) in [6, 6.07) is 3.90. The highest BCUT2D eigenvalue weighted by Crippen LogP contribution is 2.18. The quantitative estimate of drug-likeness (QED) is 0.828. The second-order valence-electron chi connectivity index (χ2n) is 5.32. The van der Waals surface area contributed by atoms with Crippen LogP contribution in [0.15, 0.2) is 23.1 Å². The number of benzene rings is 1. The van der Waals surface area contributed by atoms with Gasteiger partial charge in [0.05, 0.1) is 23.0 Å². The molecule has 1 heterocycles. The lowest BCUT2D eigenvalue weighted by Gasteiger charge is -2.23. The first-order valence-electron chi connectivity index (χ1n) is 6.67. The molecule has 1 aromatic carbocycles. The summed E-state index contributed by atoms with van der Waals surface area (Å²) in [4.78, 5) is 0.0418. The molecule has 0 amide bonds. The normalized spacial score (nSPS) is 22.1. The Balaban J connectivity index is 2.22. The lowest BCUT2D eigenvalue weighted by molar-refractivity contribution is 0.280. The van der Waals surface area contributed by atoms with Gasteiger partial charge in [-0.15, -0.1) is 0 Å². The second kappa shape index (κ2) is 6.04. The van der Waals surface area contributed by atoms with E-state index in [9.17, 15) is 21.9 Å². The van der Waals surface area contributed by atoms with Crippen molar-refractivity contribution in [2.45, 2.75) is 37.3 Å². The van der Waals surface area contributed by atoms with Crippen molar-refractivity contribution < 1.29 is 21.9 Å². The van der Waals surface area contributed by atoms with Crippen LogP contribution in [-0.2, 0) is 26.5 Å². The first kappa shape index (κ1) is 16.4. The first-order valence-corrected chi connectivity index (χ1v) is 9.97. The number of rotatable bonds is 4. The Morgan fingerprint density at radius 3 is 2.71 bits per heavy atom. The van der Waals surface area contributed by atoms with E-state index < -0.39 is 25.9 Å². The van der Waals surface area contributed by atoms with Gasteiger partial charge < -0.3 is 5.11 Å². The SMILES string of the molecule is Cc1ccc(S(=O)(=O)NC2CCCS(=O)(=O)C2)cc1CO. The summed E-state index contributed by atoms with van der Waals surface area (Å²) in [6.45, 7) is 1.54. The van der Waals surface area contributed by atoms with E-state index in [-0.39, 0.29) is 23.0 Å². The van der Waals surface area contributed by atoms with Gasteiger partial charge in [-0.2, -0.15) is 0 Å². The van der Waals surface area contributed by atoms with Crippen molar-refractivity contribution in [3.63, 3.8) is 0 Å². The lowest BCUT2D eigenvalue weighted by Crippen LogP contribution is -2.43. The van der Waals surface area contributed by atoms with Crippen LogP contribution in [0.1, 0.15) is 24.0 Å². The lowest BCUT2D eigenvalue weighted by atomic mass is 10.1. The molecule has 1 atom stereocenters. The van der Waals surface area contributed by atoms with E-state index in [0.29, 0.717) is 18.4 Å². The van der Waals surface area contributed by atoms with Gasteiger partial charge in [-0.1, -0.05) is 6.07 Å². The Bertz CT molecular complexity index is 725. The molecule has 0 aromatic heterocycles. The zero-order valence-electron chi connectivity index (χ0n) is 11.7. The molecule has 1 aliphatic heterocycles. The molecule has 0 bridgehead atoms. The molecule has 1 unspecified atom stereocenters. The monoisotopic (exact) mass is 333 g/mol. The van der Waals surface area contributed by atoms with Gasteiger partial charge in [-0.05, 0) is 43.0 Å². The number of aliphatic hydroxyl groups is 1. The summed E-state index contributed by atoms with van der Waals surface area (Å²) in [5, 5.41) is 9.20. The van der Waals surface area contributed by atoms with Crippen molar-refractivity contribution >= 4 is 19.9 Å². The van der Waals surface area contributed by atoms with Crippen LogP contribution in [0.4, 0.5) is 0 Å². The molecule has 1 fully saturated rings. The second-order valence-corrected chi connectivity index (χ2v) is 9.26. The molecule has 0 spiro atoms. The van der Waals surface area contributed by atoms with Crippen LogP contribution in [-0.4, -0.2) is 39.5 Å². The Labute approximate surface area is 125 Å². The van der Waals surface area contributed by atoms with Crippen LogP contribution in [0.5, 0.6) is 0 Å². The minimum absolute atomic E-state index is 0.0418. The van der Waals surface area contributed by atoms with Crippen molar-refractivity contribution in [3.8, 4) is 0 Å². The van der Waals surface area contributed by atoms with E-state index in [1.807, 2.05) is 0 Å². The minimum Gasteiger partial charge on any atom is -0.392 e. The maximum atomic E-state index is 12.3. The zero-order chi connectivity index (χ0) is 15.7. The fourth-order valence-corrected chi connectivity index (χ4v) is 5.45. The average Bonchev–Trinajstić information content (AvgIpc) is 2.37. The van der Waals surface area contributed by atoms with E-state index in [1.54, 1.807) is 13.0 Å². The summed E-state index contributed by atoms with van der Waals surface area (Å²) in [5.41, 5.74) is 1.34. The third kappa shape index (κ3) is 4.03. The summed E-state index contributed by atoms with van der Waals surface area (Å²) >= 11 is 0. The molecule has 1 saturated heterocycles. The summed E-state index contributed by atoms with van der Waals surface area (Å²) < 4.78 is 50.2. The number of aliphatic hydroxyl groups excluding tert-OH is 1. The maximum absolute atomic E-state index is 12.3. The maximum Gasteiger partial charge on any atom is 0.240 e. The van der Waals surface area contributed by atoms with Gasteiger partial charge in [0.25, 0.3) is 0 Å². The molecule has 118 valence electrons. The zero-order valence-corrected chi connectivity index (χ0v) is 13.4. The molecular formula is C13H19NO5S2. The number of hydrogen-bond donors (Lipinski definition) is 2. The highest BCUT2D eigenvalue weighted by atomic mass is 32.2. The molecule has 1 aliphatic rings. The van der Waals surface area contributed by atoms with Crippen LogP contribution in [0.3, 0.4) is 0 Å². The van der Waals surface area contributed by atoms with Gasteiger partial charge in [-0.25, -0.2) is 21.6 Å². The molecular weight excluding hydrogens is 314 g/mol. The third-order valence-corrected chi connectivity index (χ3v) is 6.93. The molecule has 6 nitrogen and oxygen atoms in total. The smallest absolute Gasteiger partial charge is 0.240 e. The van der Waals surface area contributed by atoms with Crippen LogP contribution in [0.25, 0.3) is 0 Å². The molecule has 0 aliphatic carbocycles. The average molecular weight is 333 g/mol. The molecule has 21 heavy (non-hydrogen) atoms. The van der Waals surface area contributed by atoms with Crippen molar-refractivity contribution in [3.05, 3.63) is 29.3 Å². The Kier molecular flexibility index (Phi) is 4.72. The molecule has 2 rings (SSSR count). The van der Waals surface area contributed by atoms with Crippen LogP contribution in [0, 0.1) is 6.92 Å². The molecule has 8 heteroatoms. The fraction of sp³-hybridized carbons (Fsp3) is 0.538. The third-order valence-electron chi connectivity index (χ3n) is 3.59. The summed E-state index contributed by atoms with van der Waals surface area (Å²) in [7, 11) is -6.96. The largest absolute Gasteiger partial charge is 0.392 e. The predicted octanol–water partition coefficient (Wildman–Crippen LogP) is 0.343. The van der Waals surface area contributed by atoms with Crippen molar-refractivity contribution in [2.75, 3.05) is 11.5 Å². The van der Waals surface area contributed by atoms with Crippen molar-refractivity contribution in [1.29, 1.82) is 0 Å². The van der Waals surface area contributed by atoms with Crippen LogP contribution >= 0.6 is 0 Å². The van der Waals surface area contributed by atoms with Gasteiger partial charge in [0.15, 0.2) is 9.84 Å². The summed E-state index contributed by atoms with van der Waals surface area (Å²) in [5.74, 6) is -0.0463. The number of nitrogens with one attached hydrogen (secondary N) is 1. The predicted molar refractivity (Wildman–Crippen MR) is 79.1 cm³/mol. The molecule has 1 aromatic rings. The van der Waals surface area contributed by atoms with E-state index in [1.165, 1.54) is 12.1 Å². The Morgan fingerprint density at radius 1 is 1.38 bits per heavy atom. The highest BCUT2D eigenvalue weighted by molar-refractivity contribution is 7.91. The highest BCUT2D eigenvalue weighted by Gasteiger charge is 2.28. The van der Waals surface area contributed by atoms with E-state index in [0.717, 1.165) is 5.56 Å². The number of hydrogen-bond acceptors (Lipinski definition) is 5. The molecule has 0 radical (unpaired) electrons. The van der Waals surface area contributed by atoms with Crippen LogP contribution < -0.4 is 4.72 Å². The van der Waals surface area contributed by atoms with Gasteiger partial charge in [-0.3, -0.25) is 0 Å². The number of sulfone groups is 1. The van der Waals surface area contributed by atoms with E-state index in [2.05, 4.69) is 4.72 Å². The van der Waals surface area contributed by atoms with E-state index >= 15 is 0 Å². The fourth-order valence-electron chi connectivity index (χ4n) is 2.39. The van der Waals surface area contributed by atoms with E-state index in [4.69, 9.17) is 0 Å². The standard InChI is InChI=1S/C13H19NO5S2/c1-10-4-5-13(7-11(10)8-15)21(18,19)14-12-3-2-6-20(16,17)9-12/h4-5,7,12,14-15H,2-3,6,8-9H2,1H3. The Hall–Kier alpha value is -0.960. The van der Waals surface area contributed by atoms with Gasteiger partial charge >= 0.3 is 0 Å². The number of aryl methyl sites for hydroxylation is 1. The van der Waals surface area contributed by atoms with Crippen LogP contribution in [0.2, 0.25) is 0 Å². The molecule has 0 saturated carbocycles. The number of sulfonamides is 1. The summed E-state index contributed by atoms with van der Waals surface area (Å²) in [6.07, 6.45) is 0.975. The topological polar surface area (TPSA) is 101 Å². The van der Waals surface area contributed by atoms with Crippen molar-refractivity contribution in [2.24, 2.45) is 0 Å². The Morgan fingerprint density at radius 2 is 2.10 bits per heavy atom. The van der Waals surface area contributed by atoms with Gasteiger partial charge in [0, 0.05) is 6.04 Å².